The second-order valence-electron chi connectivity index (χ2n) is 10.8. The number of aryl methyl sites for hydroxylation is 1. The minimum atomic E-state index is -0.985. The Morgan fingerprint density at radius 2 is 1.67 bits per heavy atom. The molecule has 0 aliphatic carbocycles. The van der Waals surface area contributed by atoms with E-state index in [1.165, 1.54) is 29.5 Å². The Labute approximate surface area is 265 Å². The summed E-state index contributed by atoms with van der Waals surface area (Å²) in [6, 6.07) is 13.2. The van der Waals surface area contributed by atoms with Crippen LogP contribution in [-0.2, 0) is 25.9 Å². The van der Waals surface area contributed by atoms with Crippen LogP contribution in [0.15, 0.2) is 60.8 Å². The molecular formula is C35H37F3N4O2S. The summed E-state index contributed by atoms with van der Waals surface area (Å²) in [6.07, 6.45) is 3.16. The van der Waals surface area contributed by atoms with Gasteiger partial charge in [0.1, 0.15) is 11.5 Å². The van der Waals surface area contributed by atoms with Crippen LogP contribution in [0.5, 0.6) is 0 Å². The molecule has 45 heavy (non-hydrogen) atoms. The van der Waals surface area contributed by atoms with Gasteiger partial charge in [0.2, 0.25) is 0 Å². The molecule has 5 rings (SSSR count). The second-order valence-corrected chi connectivity index (χ2v) is 11.9. The summed E-state index contributed by atoms with van der Waals surface area (Å²) < 4.78 is 42.5. The van der Waals surface area contributed by atoms with Crippen LogP contribution in [0.1, 0.15) is 77.0 Å². The monoisotopic (exact) mass is 634 g/mol. The van der Waals surface area contributed by atoms with E-state index in [0.717, 1.165) is 28.6 Å². The van der Waals surface area contributed by atoms with Crippen LogP contribution in [0.2, 0.25) is 0 Å². The van der Waals surface area contributed by atoms with E-state index in [9.17, 15) is 22.8 Å². The zero-order valence-electron chi connectivity index (χ0n) is 26.0. The number of fused-ring (bicyclic) bond motifs is 1. The number of halogens is 3. The number of hydrogen-bond donors (Lipinski definition) is 2. The molecule has 236 valence electrons. The van der Waals surface area contributed by atoms with E-state index in [2.05, 4.69) is 5.32 Å². The third-order valence-corrected chi connectivity index (χ3v) is 8.27. The summed E-state index contributed by atoms with van der Waals surface area (Å²) in [5.74, 6) is -3.07. The van der Waals surface area contributed by atoms with Gasteiger partial charge < -0.3 is 15.6 Å². The number of thiophene rings is 1. The lowest BCUT2D eigenvalue weighted by Crippen LogP contribution is -2.21. The predicted octanol–water partition coefficient (Wildman–Crippen LogP) is 8.05. The van der Waals surface area contributed by atoms with Gasteiger partial charge in [-0.2, -0.15) is 0 Å². The smallest absolute Gasteiger partial charge is 0.261 e. The topological polar surface area (TPSA) is 90.0 Å². The molecule has 0 saturated carbocycles. The maximum Gasteiger partial charge on any atom is 0.261 e. The molecule has 3 N–H and O–H groups in total. The van der Waals surface area contributed by atoms with Gasteiger partial charge in [0, 0.05) is 35.1 Å². The van der Waals surface area contributed by atoms with Crippen LogP contribution in [0.25, 0.3) is 21.5 Å². The van der Waals surface area contributed by atoms with E-state index in [-0.39, 0.29) is 24.2 Å². The zero-order chi connectivity index (χ0) is 32.8. The highest BCUT2D eigenvalue weighted by Gasteiger charge is 2.26. The number of carbonyl (C=O) groups is 2. The second kappa shape index (κ2) is 14.6. The zero-order valence-corrected chi connectivity index (χ0v) is 26.8. The molecule has 0 bridgehead atoms. The molecule has 10 heteroatoms. The number of amides is 2. The number of aromatic nitrogens is 2. The van der Waals surface area contributed by atoms with Crippen LogP contribution >= 0.6 is 11.3 Å². The number of rotatable bonds is 10. The van der Waals surface area contributed by atoms with E-state index < -0.39 is 17.5 Å². The Kier molecular flexibility index (Phi) is 10.8. The molecule has 3 aromatic heterocycles. The van der Waals surface area contributed by atoms with E-state index >= 15 is 0 Å². The first-order valence-corrected chi connectivity index (χ1v) is 15.8. The van der Waals surface area contributed by atoms with Gasteiger partial charge in [-0.3, -0.25) is 9.59 Å². The van der Waals surface area contributed by atoms with E-state index in [0.29, 0.717) is 57.2 Å². The lowest BCUT2D eigenvalue weighted by atomic mass is 9.94. The first-order valence-electron chi connectivity index (χ1n) is 15.0. The minimum Gasteiger partial charge on any atom is -0.366 e. The summed E-state index contributed by atoms with van der Waals surface area (Å²) in [6.45, 7) is 10.5. The summed E-state index contributed by atoms with van der Waals surface area (Å²) in [5, 5.41) is 3.52. The maximum absolute atomic E-state index is 13.6. The number of nitrogens with zero attached hydrogens (tertiary/aromatic N) is 2. The molecule has 0 fully saturated rings. The minimum absolute atomic E-state index is 0.0139. The van der Waals surface area contributed by atoms with Gasteiger partial charge in [-0.15, -0.1) is 11.3 Å². The molecule has 0 unspecified atom stereocenters. The van der Waals surface area contributed by atoms with Crippen LogP contribution in [-0.4, -0.2) is 21.4 Å². The van der Waals surface area contributed by atoms with Crippen molar-refractivity contribution in [3.05, 3.63) is 111 Å². The van der Waals surface area contributed by atoms with Gasteiger partial charge in [0.25, 0.3) is 11.8 Å². The SMILES string of the molecule is CC.CCc1cn(Cc2ccc(F)cc2)c2nc(CC(C)C)c(C(N)=O)c(-c3ccc(C(=O)NCc4ccc(F)c(F)c4)s3)c12. The van der Waals surface area contributed by atoms with Crippen molar-refractivity contribution in [1.29, 1.82) is 0 Å². The van der Waals surface area contributed by atoms with Crippen molar-refractivity contribution in [3.8, 4) is 10.4 Å². The molecule has 0 aliphatic heterocycles. The molecule has 0 spiro atoms. The molecule has 0 saturated heterocycles. The Bertz CT molecular complexity index is 1830. The van der Waals surface area contributed by atoms with Gasteiger partial charge >= 0.3 is 0 Å². The van der Waals surface area contributed by atoms with Crippen molar-refractivity contribution in [2.24, 2.45) is 11.7 Å². The van der Waals surface area contributed by atoms with E-state index in [4.69, 9.17) is 10.7 Å². The molecule has 2 amide bonds. The lowest BCUT2D eigenvalue weighted by Gasteiger charge is -2.16. The normalized spacial score (nSPS) is 11.0. The summed E-state index contributed by atoms with van der Waals surface area (Å²) in [4.78, 5) is 32.1. The third-order valence-electron chi connectivity index (χ3n) is 7.17. The number of nitrogens with one attached hydrogen (secondary N) is 1. The predicted molar refractivity (Wildman–Crippen MR) is 174 cm³/mol. The number of nitrogens with two attached hydrogens (primary N) is 1. The molecule has 2 aromatic carbocycles. The summed E-state index contributed by atoms with van der Waals surface area (Å²) >= 11 is 1.21. The van der Waals surface area contributed by atoms with Crippen molar-refractivity contribution < 1.29 is 22.8 Å². The number of benzene rings is 2. The standard InChI is InChI=1S/C33H31F3N4O2S.C2H6/c1-4-21-17-40(16-19-5-8-22(34)9-6-19)32-28(21)30(29(31(37)41)25(39-32)13-18(2)3)26-11-12-27(43-26)33(42)38-15-20-7-10-23(35)24(36)14-20;1-2/h5-12,14,17-18H,4,13,15-16H2,1-3H3,(H2,37,41)(H,38,42);1-2H3. The van der Waals surface area contributed by atoms with Gasteiger partial charge in [0.05, 0.1) is 16.1 Å². The first kappa shape index (κ1) is 33.5. The summed E-state index contributed by atoms with van der Waals surface area (Å²) in [5.41, 5.74) is 10.5. The van der Waals surface area contributed by atoms with E-state index in [1.807, 2.05) is 45.4 Å². The van der Waals surface area contributed by atoms with Crippen molar-refractivity contribution in [3.63, 3.8) is 0 Å². The van der Waals surface area contributed by atoms with Gasteiger partial charge in [-0.05, 0) is 71.8 Å². The van der Waals surface area contributed by atoms with Crippen LogP contribution in [0.3, 0.4) is 0 Å². The average Bonchev–Trinajstić information content (AvgIpc) is 3.64. The van der Waals surface area contributed by atoms with Crippen LogP contribution in [0, 0.1) is 23.4 Å². The largest absolute Gasteiger partial charge is 0.366 e. The number of pyridine rings is 1. The van der Waals surface area contributed by atoms with Crippen LogP contribution < -0.4 is 11.1 Å². The average molecular weight is 635 g/mol. The van der Waals surface area contributed by atoms with Crippen molar-refractivity contribution >= 4 is 34.2 Å². The van der Waals surface area contributed by atoms with Crippen LogP contribution in [0.4, 0.5) is 13.2 Å². The molecule has 0 atom stereocenters. The van der Waals surface area contributed by atoms with Gasteiger partial charge in [-0.1, -0.05) is 52.8 Å². The van der Waals surface area contributed by atoms with Gasteiger partial charge in [-0.25, -0.2) is 18.2 Å². The van der Waals surface area contributed by atoms with Crippen molar-refractivity contribution in [2.75, 3.05) is 0 Å². The molecule has 0 radical (unpaired) electrons. The Hall–Kier alpha value is -4.44. The molecule has 0 aliphatic rings. The Balaban J connectivity index is 0.00000226. The number of carbonyl (C=O) groups excluding carboxylic acids is 2. The molecule has 3 heterocycles. The fraction of sp³-hybridized carbons (Fsp3) is 0.286. The number of primary amides is 1. The van der Waals surface area contributed by atoms with Crippen molar-refractivity contribution in [1.82, 2.24) is 14.9 Å². The first-order chi connectivity index (χ1) is 21.5. The Morgan fingerprint density at radius 3 is 2.29 bits per heavy atom. The number of hydrogen-bond acceptors (Lipinski definition) is 4. The molecule has 5 aromatic rings. The van der Waals surface area contributed by atoms with Crippen molar-refractivity contribution in [2.45, 2.75) is 60.5 Å². The highest BCUT2D eigenvalue weighted by Crippen LogP contribution is 2.40. The van der Waals surface area contributed by atoms with E-state index in [1.54, 1.807) is 24.3 Å². The quantitative estimate of drug-likeness (QED) is 0.163. The third kappa shape index (κ3) is 7.45. The highest BCUT2D eigenvalue weighted by molar-refractivity contribution is 7.17. The summed E-state index contributed by atoms with van der Waals surface area (Å²) in [7, 11) is 0. The Morgan fingerprint density at radius 1 is 0.978 bits per heavy atom. The highest BCUT2D eigenvalue weighted by atomic mass is 32.1. The lowest BCUT2D eigenvalue weighted by molar-refractivity contribution is 0.0953. The molecule has 6 nitrogen and oxygen atoms in total. The fourth-order valence-corrected chi connectivity index (χ4v) is 6.16. The maximum atomic E-state index is 13.6. The molecular weight excluding hydrogens is 597 g/mol. The van der Waals surface area contributed by atoms with Gasteiger partial charge in [0.15, 0.2) is 11.6 Å². The fourth-order valence-electron chi connectivity index (χ4n) is 5.18.